The molecular weight excluding hydrogens is 518 g/mol. The second-order valence-corrected chi connectivity index (χ2v) is 10.2. The number of amides is 2. The SMILES string of the molecule is COc1ccc(C(=C2[C@H]3C=C[C@H]2[C@H]2C(=O)N(c4ccc(Br)cc4)C(=O)[C@H]23)c2ccc(OC)cc2)cc1. The number of nitrogens with zero attached hydrogens (tertiary/aromatic N) is 1. The van der Waals surface area contributed by atoms with Gasteiger partial charge in [-0.3, -0.25) is 9.59 Å². The zero-order valence-electron chi connectivity index (χ0n) is 19.9. The van der Waals surface area contributed by atoms with Crippen LogP contribution in [0.3, 0.4) is 0 Å². The minimum atomic E-state index is -0.391. The van der Waals surface area contributed by atoms with Crippen LogP contribution in [0.5, 0.6) is 11.5 Å². The highest BCUT2D eigenvalue weighted by Crippen LogP contribution is 2.59. The lowest BCUT2D eigenvalue weighted by molar-refractivity contribution is -0.122. The van der Waals surface area contributed by atoms with Gasteiger partial charge in [-0.15, -0.1) is 0 Å². The summed E-state index contributed by atoms with van der Waals surface area (Å²) in [7, 11) is 3.29. The number of carbonyl (C=O) groups is 2. The number of hydrogen-bond donors (Lipinski definition) is 0. The molecule has 0 radical (unpaired) electrons. The Bertz CT molecular complexity index is 1320. The van der Waals surface area contributed by atoms with Gasteiger partial charge in [0.15, 0.2) is 0 Å². The van der Waals surface area contributed by atoms with Crippen molar-refractivity contribution in [2.24, 2.45) is 23.7 Å². The molecule has 5 nitrogen and oxygen atoms in total. The second-order valence-electron chi connectivity index (χ2n) is 9.26. The molecule has 2 amide bonds. The first-order valence-electron chi connectivity index (χ1n) is 11.9. The number of imide groups is 1. The summed E-state index contributed by atoms with van der Waals surface area (Å²) in [6.45, 7) is 0. The van der Waals surface area contributed by atoms with Gasteiger partial charge in [-0.2, -0.15) is 0 Å². The van der Waals surface area contributed by atoms with Crippen molar-refractivity contribution in [2.45, 2.75) is 0 Å². The molecule has 1 saturated carbocycles. The third kappa shape index (κ3) is 3.43. The van der Waals surface area contributed by atoms with Crippen molar-refractivity contribution < 1.29 is 19.1 Å². The number of carbonyl (C=O) groups excluding carboxylic acids is 2. The van der Waals surface area contributed by atoms with Gasteiger partial charge in [-0.1, -0.05) is 52.3 Å². The predicted molar refractivity (Wildman–Crippen MR) is 142 cm³/mol. The Morgan fingerprint density at radius 2 is 1.14 bits per heavy atom. The lowest BCUT2D eigenvalue weighted by Crippen LogP contribution is -2.33. The number of methoxy groups -OCH3 is 2. The molecule has 0 spiro atoms. The van der Waals surface area contributed by atoms with Gasteiger partial charge < -0.3 is 9.47 Å². The zero-order chi connectivity index (χ0) is 25.0. The smallest absolute Gasteiger partial charge is 0.238 e. The first kappa shape index (κ1) is 22.8. The van der Waals surface area contributed by atoms with Crippen LogP contribution in [0.15, 0.2) is 95.0 Å². The average Bonchev–Trinajstić information content (AvgIpc) is 3.55. The molecule has 0 N–H and O–H groups in total. The van der Waals surface area contributed by atoms with E-state index in [2.05, 4.69) is 28.1 Å². The first-order valence-corrected chi connectivity index (χ1v) is 12.7. The van der Waals surface area contributed by atoms with Crippen LogP contribution in [-0.2, 0) is 9.59 Å². The van der Waals surface area contributed by atoms with Crippen molar-refractivity contribution in [2.75, 3.05) is 19.1 Å². The van der Waals surface area contributed by atoms with Crippen molar-refractivity contribution in [1.82, 2.24) is 0 Å². The van der Waals surface area contributed by atoms with Crippen molar-refractivity contribution in [1.29, 1.82) is 0 Å². The predicted octanol–water partition coefficient (Wildman–Crippen LogP) is 5.89. The maximum Gasteiger partial charge on any atom is 0.238 e. The molecule has 6 rings (SSSR count). The molecule has 0 aromatic heterocycles. The fraction of sp³-hybridized carbons (Fsp3) is 0.200. The summed E-state index contributed by atoms with van der Waals surface area (Å²) in [6, 6.07) is 23.3. The monoisotopic (exact) mass is 541 g/mol. The van der Waals surface area contributed by atoms with E-state index in [1.807, 2.05) is 72.8 Å². The molecule has 2 fully saturated rings. The number of fused-ring (bicyclic) bond motifs is 5. The van der Waals surface area contributed by atoms with E-state index >= 15 is 0 Å². The van der Waals surface area contributed by atoms with Crippen molar-refractivity contribution in [3.63, 3.8) is 0 Å². The highest BCUT2D eigenvalue weighted by Gasteiger charge is 2.62. The maximum atomic E-state index is 13.7. The van der Waals surface area contributed by atoms with Gasteiger partial charge in [0.1, 0.15) is 11.5 Å². The van der Waals surface area contributed by atoms with Crippen LogP contribution < -0.4 is 14.4 Å². The van der Waals surface area contributed by atoms with Gasteiger partial charge >= 0.3 is 0 Å². The number of halogens is 1. The molecule has 3 aromatic rings. The van der Waals surface area contributed by atoms with Crippen molar-refractivity contribution >= 4 is 39.0 Å². The largest absolute Gasteiger partial charge is 0.497 e. The number of hydrogen-bond acceptors (Lipinski definition) is 4. The molecule has 4 atom stereocenters. The fourth-order valence-electron chi connectivity index (χ4n) is 5.96. The second kappa shape index (κ2) is 8.79. The summed E-state index contributed by atoms with van der Waals surface area (Å²) < 4.78 is 11.6. The quantitative estimate of drug-likeness (QED) is 0.298. The van der Waals surface area contributed by atoms with Crippen LogP contribution in [0.1, 0.15) is 11.1 Å². The Morgan fingerprint density at radius 1 is 0.694 bits per heavy atom. The third-order valence-corrected chi connectivity index (χ3v) is 8.08. The molecule has 36 heavy (non-hydrogen) atoms. The average molecular weight is 542 g/mol. The van der Waals surface area contributed by atoms with Crippen LogP contribution in [0.4, 0.5) is 5.69 Å². The van der Waals surface area contributed by atoms with Crippen LogP contribution in [0.2, 0.25) is 0 Å². The minimum Gasteiger partial charge on any atom is -0.497 e. The lowest BCUT2D eigenvalue weighted by Gasteiger charge is -2.22. The van der Waals surface area contributed by atoms with E-state index in [0.29, 0.717) is 5.69 Å². The summed E-state index contributed by atoms with van der Waals surface area (Å²) in [6.07, 6.45) is 4.23. The highest BCUT2D eigenvalue weighted by atomic mass is 79.9. The van der Waals surface area contributed by atoms with Gasteiger partial charge in [0, 0.05) is 16.3 Å². The van der Waals surface area contributed by atoms with Crippen LogP contribution in [0.25, 0.3) is 5.57 Å². The van der Waals surface area contributed by atoms with Gasteiger partial charge in [0.2, 0.25) is 11.8 Å². The van der Waals surface area contributed by atoms with Crippen LogP contribution in [-0.4, -0.2) is 26.0 Å². The molecular formula is C30H24BrNO4. The normalized spacial score (nSPS) is 23.9. The fourth-order valence-corrected chi connectivity index (χ4v) is 6.22. The summed E-state index contributed by atoms with van der Waals surface area (Å²) in [4.78, 5) is 28.8. The minimum absolute atomic E-state index is 0.120. The topological polar surface area (TPSA) is 55.8 Å². The molecule has 180 valence electrons. The summed E-state index contributed by atoms with van der Waals surface area (Å²) in [5, 5.41) is 0. The van der Waals surface area contributed by atoms with E-state index in [4.69, 9.17) is 9.47 Å². The summed E-state index contributed by atoms with van der Waals surface area (Å²) in [5.74, 6) is 0.272. The van der Waals surface area contributed by atoms with Gasteiger partial charge in [-0.05, 0) is 70.8 Å². The van der Waals surface area contributed by atoms with E-state index in [-0.39, 0.29) is 23.7 Å². The van der Waals surface area contributed by atoms with E-state index in [9.17, 15) is 9.59 Å². The maximum absolute atomic E-state index is 13.7. The van der Waals surface area contributed by atoms with Crippen LogP contribution >= 0.6 is 15.9 Å². The van der Waals surface area contributed by atoms with Crippen LogP contribution in [0, 0.1) is 23.7 Å². The number of allylic oxidation sites excluding steroid dienone is 3. The molecule has 3 aromatic carbocycles. The molecule has 2 bridgehead atoms. The van der Waals surface area contributed by atoms with Gasteiger partial charge in [0.05, 0.1) is 31.7 Å². The Balaban J connectivity index is 1.47. The van der Waals surface area contributed by atoms with E-state index in [1.54, 1.807) is 14.2 Å². The summed E-state index contributed by atoms with van der Waals surface area (Å²) >= 11 is 3.43. The Kier molecular flexibility index (Phi) is 5.56. The Morgan fingerprint density at radius 3 is 1.56 bits per heavy atom. The molecule has 1 saturated heterocycles. The van der Waals surface area contributed by atoms with E-state index in [0.717, 1.165) is 38.2 Å². The zero-order valence-corrected chi connectivity index (χ0v) is 21.4. The van der Waals surface area contributed by atoms with E-state index < -0.39 is 11.8 Å². The highest BCUT2D eigenvalue weighted by molar-refractivity contribution is 9.10. The number of benzene rings is 3. The molecule has 0 unspecified atom stereocenters. The first-order chi connectivity index (χ1) is 17.5. The number of anilines is 1. The summed E-state index contributed by atoms with van der Waals surface area (Å²) in [5.41, 5.74) is 4.87. The molecule has 1 heterocycles. The molecule has 6 heteroatoms. The number of ether oxygens (including phenoxy) is 2. The lowest BCUT2D eigenvalue weighted by atomic mass is 9.85. The Hall–Kier alpha value is -3.64. The molecule has 1 aliphatic heterocycles. The van der Waals surface area contributed by atoms with Crippen molar-refractivity contribution in [3.8, 4) is 11.5 Å². The standard InChI is InChI=1S/C30H24BrNO4/c1-35-21-11-3-17(4-12-21)25(18-5-13-22(36-2)14-6-18)26-23-15-16-24(26)28-27(23)29(33)32(30(28)34)20-9-7-19(31)8-10-20/h3-16,23-24,27-28H,1-2H3/t23-,24-,27-,28+/m1/s1. The van der Waals surface area contributed by atoms with Gasteiger partial charge in [-0.25, -0.2) is 4.90 Å². The molecule has 2 aliphatic carbocycles. The number of rotatable bonds is 5. The van der Waals surface area contributed by atoms with E-state index in [1.165, 1.54) is 4.90 Å². The Labute approximate surface area is 218 Å². The molecule has 3 aliphatic rings. The third-order valence-electron chi connectivity index (χ3n) is 7.55. The van der Waals surface area contributed by atoms with Crippen molar-refractivity contribution in [3.05, 3.63) is 106 Å². The van der Waals surface area contributed by atoms with Gasteiger partial charge in [0.25, 0.3) is 0 Å².